The van der Waals surface area contributed by atoms with Crippen molar-refractivity contribution in [1.82, 2.24) is 9.97 Å². The van der Waals surface area contributed by atoms with Crippen molar-refractivity contribution in [3.8, 4) is 11.4 Å². The van der Waals surface area contributed by atoms with E-state index in [0.717, 1.165) is 0 Å². The highest BCUT2D eigenvalue weighted by molar-refractivity contribution is 9.10. The fraction of sp³-hybridized carbons (Fsp3) is 0.0909. The van der Waals surface area contributed by atoms with Gasteiger partial charge in [0.2, 0.25) is 0 Å². The Labute approximate surface area is 101 Å². The largest absolute Gasteiger partial charge is 0.383 e. The number of hydrogen-bond donors (Lipinski definition) is 1. The van der Waals surface area contributed by atoms with Crippen LogP contribution in [0.25, 0.3) is 11.4 Å². The molecular weight excluding hydrogens is 273 g/mol. The highest BCUT2D eigenvalue weighted by Crippen LogP contribution is 2.22. The molecule has 0 unspecified atom stereocenters. The van der Waals surface area contributed by atoms with Gasteiger partial charge in [0.05, 0.1) is 4.47 Å². The van der Waals surface area contributed by atoms with Gasteiger partial charge in [0.15, 0.2) is 5.82 Å². The van der Waals surface area contributed by atoms with Crippen LogP contribution in [0.1, 0.15) is 5.56 Å². The molecule has 0 bridgehead atoms. The van der Waals surface area contributed by atoms with Crippen LogP contribution < -0.4 is 5.73 Å². The zero-order chi connectivity index (χ0) is 11.7. The van der Waals surface area contributed by atoms with E-state index in [1.807, 2.05) is 0 Å². The first-order chi connectivity index (χ1) is 7.58. The van der Waals surface area contributed by atoms with Crippen molar-refractivity contribution in [2.75, 3.05) is 5.73 Å². The number of benzene rings is 1. The Hall–Kier alpha value is -1.49. The number of aromatic nitrogens is 2. The van der Waals surface area contributed by atoms with Crippen LogP contribution >= 0.6 is 15.9 Å². The van der Waals surface area contributed by atoms with Crippen LogP contribution in [0.2, 0.25) is 0 Å². The Morgan fingerprint density at radius 3 is 2.75 bits per heavy atom. The molecule has 0 fully saturated rings. The summed E-state index contributed by atoms with van der Waals surface area (Å²) in [5.41, 5.74) is 6.84. The number of hydrogen-bond acceptors (Lipinski definition) is 3. The molecule has 0 aliphatic heterocycles. The summed E-state index contributed by atoms with van der Waals surface area (Å²) in [6.07, 6.45) is 1.55. The quantitative estimate of drug-likeness (QED) is 0.874. The second-order valence-electron chi connectivity index (χ2n) is 3.39. The number of halogens is 2. The van der Waals surface area contributed by atoms with Gasteiger partial charge >= 0.3 is 0 Å². The third-order valence-electron chi connectivity index (χ3n) is 2.20. The van der Waals surface area contributed by atoms with Gasteiger partial charge in [-0.1, -0.05) is 12.1 Å². The van der Waals surface area contributed by atoms with Crippen LogP contribution in [-0.2, 0) is 0 Å². The van der Waals surface area contributed by atoms with E-state index >= 15 is 0 Å². The fourth-order valence-corrected chi connectivity index (χ4v) is 1.44. The first-order valence-electron chi connectivity index (χ1n) is 4.62. The summed E-state index contributed by atoms with van der Waals surface area (Å²) in [5.74, 6) is 0.480. The van der Waals surface area contributed by atoms with Crippen LogP contribution in [0.5, 0.6) is 0 Å². The Morgan fingerprint density at radius 1 is 1.38 bits per heavy atom. The zero-order valence-corrected chi connectivity index (χ0v) is 10.1. The number of nitrogen functional groups attached to an aromatic ring is 1. The van der Waals surface area contributed by atoms with Gasteiger partial charge in [-0.05, 0) is 34.5 Å². The van der Waals surface area contributed by atoms with Crippen LogP contribution in [-0.4, -0.2) is 9.97 Å². The summed E-state index contributed by atoms with van der Waals surface area (Å²) in [4.78, 5) is 8.14. The molecular formula is C11H9BrFN3. The van der Waals surface area contributed by atoms with E-state index in [0.29, 0.717) is 27.2 Å². The van der Waals surface area contributed by atoms with E-state index in [1.54, 1.807) is 25.3 Å². The standard InChI is InChI=1S/C11H9BrFN3/c1-6-2-3-7(4-9(6)13)11-15-5-8(12)10(14)16-11/h2-5H,1H3,(H2,14,15,16). The second kappa shape index (κ2) is 4.17. The van der Waals surface area contributed by atoms with Gasteiger partial charge in [0.25, 0.3) is 0 Å². The van der Waals surface area contributed by atoms with Gasteiger partial charge in [-0.15, -0.1) is 0 Å². The van der Waals surface area contributed by atoms with Crippen molar-refractivity contribution in [3.63, 3.8) is 0 Å². The SMILES string of the molecule is Cc1ccc(-c2ncc(Br)c(N)n2)cc1F. The topological polar surface area (TPSA) is 51.8 Å². The lowest BCUT2D eigenvalue weighted by molar-refractivity contribution is 0.619. The van der Waals surface area contributed by atoms with Gasteiger partial charge < -0.3 is 5.73 Å². The monoisotopic (exact) mass is 281 g/mol. The number of rotatable bonds is 1. The molecule has 16 heavy (non-hydrogen) atoms. The van der Waals surface area contributed by atoms with Crippen molar-refractivity contribution < 1.29 is 4.39 Å². The van der Waals surface area contributed by atoms with Crippen molar-refractivity contribution in [2.45, 2.75) is 6.92 Å². The number of nitrogens with two attached hydrogens (primary N) is 1. The van der Waals surface area contributed by atoms with Crippen molar-refractivity contribution >= 4 is 21.7 Å². The number of anilines is 1. The highest BCUT2D eigenvalue weighted by atomic mass is 79.9. The summed E-state index contributed by atoms with van der Waals surface area (Å²) in [7, 11) is 0. The summed E-state index contributed by atoms with van der Waals surface area (Å²) in [6, 6.07) is 4.85. The zero-order valence-electron chi connectivity index (χ0n) is 8.54. The summed E-state index contributed by atoms with van der Waals surface area (Å²) in [5, 5.41) is 0. The summed E-state index contributed by atoms with van der Waals surface area (Å²) < 4.78 is 14.0. The molecule has 0 saturated carbocycles. The van der Waals surface area contributed by atoms with Crippen LogP contribution in [0.4, 0.5) is 10.2 Å². The predicted octanol–water partition coefficient (Wildman–Crippen LogP) is 2.94. The summed E-state index contributed by atoms with van der Waals surface area (Å²) in [6.45, 7) is 1.70. The maximum absolute atomic E-state index is 13.3. The van der Waals surface area contributed by atoms with Gasteiger partial charge in [-0.2, -0.15) is 0 Å². The third kappa shape index (κ3) is 2.04. The molecule has 3 nitrogen and oxygen atoms in total. The lowest BCUT2D eigenvalue weighted by Crippen LogP contribution is -1.97. The lowest BCUT2D eigenvalue weighted by atomic mass is 10.1. The highest BCUT2D eigenvalue weighted by Gasteiger charge is 2.06. The molecule has 1 aromatic carbocycles. The lowest BCUT2D eigenvalue weighted by Gasteiger charge is -2.03. The minimum absolute atomic E-state index is 0.275. The maximum Gasteiger partial charge on any atom is 0.161 e. The molecule has 2 rings (SSSR count). The fourth-order valence-electron chi connectivity index (χ4n) is 1.25. The Morgan fingerprint density at radius 2 is 2.12 bits per heavy atom. The van der Waals surface area contributed by atoms with E-state index in [9.17, 15) is 4.39 Å². The molecule has 2 aromatic rings. The van der Waals surface area contributed by atoms with Crippen LogP contribution in [0.3, 0.4) is 0 Å². The van der Waals surface area contributed by atoms with E-state index in [2.05, 4.69) is 25.9 Å². The van der Waals surface area contributed by atoms with E-state index in [1.165, 1.54) is 6.07 Å². The number of aryl methyl sites for hydroxylation is 1. The molecule has 1 heterocycles. The predicted molar refractivity (Wildman–Crippen MR) is 64.3 cm³/mol. The number of nitrogens with zero attached hydrogens (tertiary/aromatic N) is 2. The molecule has 0 spiro atoms. The molecule has 2 N–H and O–H groups in total. The maximum atomic E-state index is 13.3. The van der Waals surface area contributed by atoms with Crippen molar-refractivity contribution in [1.29, 1.82) is 0 Å². The van der Waals surface area contributed by atoms with Crippen LogP contribution in [0.15, 0.2) is 28.9 Å². The van der Waals surface area contributed by atoms with Crippen molar-refractivity contribution in [3.05, 3.63) is 40.2 Å². The normalized spacial score (nSPS) is 10.4. The first kappa shape index (κ1) is 11.0. The molecule has 1 aromatic heterocycles. The second-order valence-corrected chi connectivity index (χ2v) is 4.25. The van der Waals surface area contributed by atoms with Crippen LogP contribution in [0, 0.1) is 12.7 Å². The smallest absolute Gasteiger partial charge is 0.161 e. The minimum Gasteiger partial charge on any atom is -0.383 e. The Kier molecular flexibility index (Phi) is 2.87. The van der Waals surface area contributed by atoms with Gasteiger partial charge in [-0.25, -0.2) is 14.4 Å². The van der Waals surface area contributed by atoms with Gasteiger partial charge in [0, 0.05) is 11.8 Å². The molecule has 0 aliphatic rings. The molecule has 5 heteroatoms. The molecule has 0 aliphatic carbocycles. The Balaban J connectivity index is 2.50. The molecule has 0 atom stereocenters. The average Bonchev–Trinajstić information content (AvgIpc) is 2.26. The summed E-state index contributed by atoms with van der Waals surface area (Å²) >= 11 is 3.20. The molecule has 0 radical (unpaired) electrons. The van der Waals surface area contributed by atoms with Gasteiger partial charge in [0.1, 0.15) is 11.6 Å². The van der Waals surface area contributed by atoms with E-state index in [-0.39, 0.29) is 5.82 Å². The molecule has 0 saturated heterocycles. The van der Waals surface area contributed by atoms with Crippen molar-refractivity contribution in [2.24, 2.45) is 0 Å². The first-order valence-corrected chi connectivity index (χ1v) is 5.42. The van der Waals surface area contributed by atoms with E-state index < -0.39 is 0 Å². The molecule has 82 valence electrons. The average molecular weight is 282 g/mol. The minimum atomic E-state index is -0.275. The van der Waals surface area contributed by atoms with E-state index in [4.69, 9.17) is 5.73 Å². The Bertz CT molecular complexity index is 493. The molecule has 0 amide bonds. The third-order valence-corrected chi connectivity index (χ3v) is 2.81. The van der Waals surface area contributed by atoms with Gasteiger partial charge in [-0.3, -0.25) is 0 Å².